The number of carbonyl (C=O) groups excluding carboxylic acids is 1. The van der Waals surface area contributed by atoms with Gasteiger partial charge in [0.05, 0.1) is 13.2 Å². The summed E-state index contributed by atoms with van der Waals surface area (Å²) in [7, 11) is 2.07. The molecule has 0 radical (unpaired) electrons. The number of amides is 2. The summed E-state index contributed by atoms with van der Waals surface area (Å²) in [5.74, 6) is -0.528. The summed E-state index contributed by atoms with van der Waals surface area (Å²) in [6.45, 7) is 3.56. The molecule has 7 heteroatoms. The van der Waals surface area contributed by atoms with E-state index in [2.05, 4.69) is 17.3 Å². The second-order valence-corrected chi connectivity index (χ2v) is 5.25. The first-order valence-electron chi connectivity index (χ1n) is 6.62. The molecule has 2 atom stereocenters. The van der Waals surface area contributed by atoms with E-state index >= 15 is 0 Å². The van der Waals surface area contributed by atoms with Gasteiger partial charge >= 0.3 is 12.0 Å². The van der Waals surface area contributed by atoms with Crippen LogP contribution in [-0.4, -0.2) is 79.4 Å². The Morgan fingerprint density at radius 3 is 2.79 bits per heavy atom. The summed E-state index contributed by atoms with van der Waals surface area (Å²) < 4.78 is 5.08. The molecule has 0 saturated carbocycles. The van der Waals surface area contributed by atoms with Gasteiger partial charge in [0.1, 0.15) is 0 Å². The van der Waals surface area contributed by atoms with Gasteiger partial charge in [0.2, 0.25) is 0 Å². The predicted octanol–water partition coefficient (Wildman–Crippen LogP) is -0.567. The molecule has 0 spiro atoms. The lowest BCUT2D eigenvalue weighted by Gasteiger charge is -2.31. The average Bonchev–Trinajstić information content (AvgIpc) is 2.82. The summed E-state index contributed by atoms with van der Waals surface area (Å²) in [4.78, 5) is 26.6. The molecule has 2 unspecified atom stereocenters. The number of nitrogens with one attached hydrogen (secondary N) is 1. The number of hydrogen-bond donors (Lipinski definition) is 2. The van der Waals surface area contributed by atoms with Gasteiger partial charge in [-0.15, -0.1) is 0 Å². The molecule has 2 N–H and O–H groups in total. The smallest absolute Gasteiger partial charge is 0.334 e. The number of carbonyl (C=O) groups is 2. The molecule has 0 aliphatic carbocycles. The highest BCUT2D eigenvalue weighted by Gasteiger charge is 2.29. The second kappa shape index (κ2) is 6.21. The highest BCUT2D eigenvalue weighted by molar-refractivity contribution is 5.77. The zero-order valence-corrected chi connectivity index (χ0v) is 11.2. The van der Waals surface area contributed by atoms with Gasteiger partial charge in [-0.05, 0) is 25.9 Å². The highest BCUT2D eigenvalue weighted by Crippen LogP contribution is 2.13. The SMILES string of the molecule is CN1CCC(CNC(=O)N2CCOC(C(=O)O)C2)C1. The summed E-state index contributed by atoms with van der Waals surface area (Å²) in [6, 6.07) is -0.191. The van der Waals surface area contributed by atoms with Gasteiger partial charge in [0.25, 0.3) is 0 Å². The number of ether oxygens (including phenoxy) is 1. The largest absolute Gasteiger partial charge is 0.479 e. The fourth-order valence-corrected chi connectivity index (χ4v) is 2.52. The number of rotatable bonds is 3. The van der Waals surface area contributed by atoms with Gasteiger partial charge in [-0.2, -0.15) is 0 Å². The molecule has 2 rings (SSSR count). The third-order valence-electron chi connectivity index (χ3n) is 3.66. The number of nitrogens with zero attached hydrogens (tertiary/aromatic N) is 2. The molecule has 0 aromatic rings. The van der Waals surface area contributed by atoms with Crippen LogP contribution in [0.15, 0.2) is 0 Å². The van der Waals surface area contributed by atoms with Crippen LogP contribution in [-0.2, 0) is 9.53 Å². The minimum atomic E-state index is -1.02. The van der Waals surface area contributed by atoms with E-state index in [1.165, 1.54) is 4.90 Å². The monoisotopic (exact) mass is 271 g/mol. The van der Waals surface area contributed by atoms with Crippen molar-refractivity contribution < 1.29 is 19.4 Å². The van der Waals surface area contributed by atoms with E-state index in [-0.39, 0.29) is 19.2 Å². The van der Waals surface area contributed by atoms with E-state index in [1.807, 2.05) is 0 Å². The van der Waals surface area contributed by atoms with Crippen molar-refractivity contribution in [2.45, 2.75) is 12.5 Å². The van der Waals surface area contributed by atoms with Crippen LogP contribution in [0.25, 0.3) is 0 Å². The molecule has 0 aromatic heterocycles. The predicted molar refractivity (Wildman–Crippen MR) is 68.0 cm³/mol. The molecule has 108 valence electrons. The molecular weight excluding hydrogens is 250 g/mol. The summed E-state index contributed by atoms with van der Waals surface area (Å²) in [6.07, 6.45) is 0.189. The van der Waals surface area contributed by atoms with Crippen LogP contribution in [0.2, 0.25) is 0 Å². The maximum Gasteiger partial charge on any atom is 0.334 e. The Morgan fingerprint density at radius 2 is 2.16 bits per heavy atom. The number of carboxylic acids is 1. The Labute approximate surface area is 112 Å². The van der Waals surface area contributed by atoms with Crippen LogP contribution in [0, 0.1) is 5.92 Å². The average molecular weight is 271 g/mol. The Hall–Kier alpha value is -1.34. The van der Waals surface area contributed by atoms with Crippen LogP contribution < -0.4 is 5.32 Å². The van der Waals surface area contributed by atoms with Crippen molar-refractivity contribution in [3.63, 3.8) is 0 Å². The first-order valence-corrected chi connectivity index (χ1v) is 6.62. The van der Waals surface area contributed by atoms with E-state index < -0.39 is 12.1 Å². The maximum absolute atomic E-state index is 12.0. The highest BCUT2D eigenvalue weighted by atomic mass is 16.5. The van der Waals surface area contributed by atoms with Gasteiger partial charge < -0.3 is 25.0 Å². The molecule has 0 aromatic carbocycles. The summed E-state index contributed by atoms with van der Waals surface area (Å²) in [5, 5.41) is 11.8. The molecule has 2 aliphatic rings. The first kappa shape index (κ1) is 14.1. The molecular formula is C12H21N3O4. The molecule has 19 heavy (non-hydrogen) atoms. The Morgan fingerprint density at radius 1 is 1.37 bits per heavy atom. The van der Waals surface area contributed by atoms with Crippen molar-refractivity contribution in [2.75, 3.05) is 46.4 Å². The molecule has 2 amide bonds. The van der Waals surface area contributed by atoms with Crippen LogP contribution in [0.4, 0.5) is 4.79 Å². The number of urea groups is 1. The van der Waals surface area contributed by atoms with Crippen molar-refractivity contribution in [3.05, 3.63) is 0 Å². The normalized spacial score (nSPS) is 28.4. The number of hydrogen-bond acceptors (Lipinski definition) is 4. The van der Waals surface area contributed by atoms with Crippen LogP contribution in [0.5, 0.6) is 0 Å². The Kier molecular flexibility index (Phi) is 4.60. The molecule has 2 aliphatic heterocycles. The van der Waals surface area contributed by atoms with Crippen molar-refractivity contribution in [1.82, 2.24) is 15.1 Å². The molecule has 2 heterocycles. The van der Waals surface area contributed by atoms with Gasteiger partial charge in [-0.1, -0.05) is 0 Å². The van der Waals surface area contributed by atoms with Crippen molar-refractivity contribution in [1.29, 1.82) is 0 Å². The van der Waals surface area contributed by atoms with Crippen molar-refractivity contribution in [3.8, 4) is 0 Å². The number of carboxylic acid groups (broad SMARTS) is 1. The molecule has 0 bridgehead atoms. The lowest BCUT2D eigenvalue weighted by Crippen LogP contribution is -2.52. The number of aliphatic carboxylic acids is 1. The van der Waals surface area contributed by atoms with Gasteiger partial charge in [0, 0.05) is 19.6 Å². The van der Waals surface area contributed by atoms with Crippen molar-refractivity contribution >= 4 is 12.0 Å². The fraction of sp³-hybridized carbons (Fsp3) is 0.833. The van der Waals surface area contributed by atoms with E-state index in [1.54, 1.807) is 0 Å². The van der Waals surface area contributed by atoms with Gasteiger partial charge in [-0.25, -0.2) is 9.59 Å². The zero-order chi connectivity index (χ0) is 13.8. The topological polar surface area (TPSA) is 82.1 Å². The van der Waals surface area contributed by atoms with Gasteiger partial charge in [0.15, 0.2) is 6.10 Å². The first-order chi connectivity index (χ1) is 9.06. The second-order valence-electron chi connectivity index (χ2n) is 5.25. The third-order valence-corrected chi connectivity index (χ3v) is 3.66. The minimum absolute atomic E-state index is 0.117. The third kappa shape index (κ3) is 3.81. The lowest BCUT2D eigenvalue weighted by atomic mass is 10.1. The number of likely N-dealkylation sites (tertiary alicyclic amines) is 1. The van der Waals surface area contributed by atoms with Gasteiger partial charge in [-0.3, -0.25) is 0 Å². The van der Waals surface area contributed by atoms with E-state index in [9.17, 15) is 9.59 Å². The minimum Gasteiger partial charge on any atom is -0.479 e. The van der Waals surface area contributed by atoms with Crippen LogP contribution in [0.1, 0.15) is 6.42 Å². The molecule has 7 nitrogen and oxygen atoms in total. The van der Waals surface area contributed by atoms with Crippen LogP contribution >= 0.6 is 0 Å². The van der Waals surface area contributed by atoms with E-state index in [0.717, 1.165) is 19.5 Å². The van der Waals surface area contributed by atoms with Crippen molar-refractivity contribution in [2.24, 2.45) is 5.92 Å². The number of morpholine rings is 1. The molecule has 2 saturated heterocycles. The zero-order valence-electron chi connectivity index (χ0n) is 11.2. The van der Waals surface area contributed by atoms with Crippen LogP contribution in [0.3, 0.4) is 0 Å². The Bertz CT molecular complexity index is 350. The maximum atomic E-state index is 12.0. The van der Waals surface area contributed by atoms with E-state index in [4.69, 9.17) is 9.84 Å². The lowest BCUT2D eigenvalue weighted by molar-refractivity contribution is -0.154. The Balaban J connectivity index is 1.74. The quantitative estimate of drug-likeness (QED) is 0.718. The standard InChI is InChI=1S/C12H21N3O4/c1-14-3-2-9(7-14)6-13-12(18)15-4-5-19-10(8-15)11(16)17/h9-10H,2-8H2,1H3,(H,13,18)(H,16,17). The molecule has 2 fully saturated rings. The van der Waals surface area contributed by atoms with E-state index in [0.29, 0.717) is 19.0 Å². The fourth-order valence-electron chi connectivity index (χ4n) is 2.52. The summed E-state index contributed by atoms with van der Waals surface area (Å²) in [5.41, 5.74) is 0. The summed E-state index contributed by atoms with van der Waals surface area (Å²) >= 11 is 0.